The van der Waals surface area contributed by atoms with E-state index in [-0.39, 0.29) is 25.7 Å². The van der Waals surface area contributed by atoms with Crippen molar-refractivity contribution in [3.63, 3.8) is 0 Å². The van der Waals surface area contributed by atoms with Crippen molar-refractivity contribution < 1.29 is 23.7 Å². The number of aliphatic hydroxyl groups excluding tert-OH is 2. The second kappa shape index (κ2) is 38.0. The molecule has 51 heavy (non-hydrogen) atoms. The number of nitrogens with one attached hydrogen (secondary N) is 1. The zero-order valence-electron chi connectivity index (χ0n) is 34.9. The lowest BCUT2D eigenvalue weighted by molar-refractivity contribution is -0.910. The van der Waals surface area contributed by atoms with E-state index in [1.807, 2.05) is 0 Å². The van der Waals surface area contributed by atoms with E-state index in [0.717, 1.165) is 36.0 Å². The highest BCUT2D eigenvalue weighted by atomic mass is 32.2. The van der Waals surface area contributed by atoms with E-state index in [9.17, 15) is 15.0 Å². The molecule has 3 N–H and O–H groups in total. The number of hydrogen-bond donors (Lipinski definition) is 3. The van der Waals surface area contributed by atoms with E-state index in [4.69, 9.17) is 4.18 Å². The summed E-state index contributed by atoms with van der Waals surface area (Å²) < 4.78 is 7.05. The molecule has 0 unspecified atom stereocenters. The standard InChI is InChI=1S/C44H90N2O4S/c1-5-8-11-14-17-20-21-22-23-24-25-28-31-35-43(49)45-44(40-47,41-48)42-50-51-39-34-38-46(4,36-32-29-26-18-15-12-9-6-2)37-33-30-27-19-16-13-10-7-3/h47-48H,5-42H2,1-4H3/p+1. The molecular weight excluding hydrogens is 653 g/mol. The van der Waals surface area contributed by atoms with Gasteiger partial charge in [-0.25, -0.2) is 0 Å². The fourth-order valence-electron chi connectivity index (χ4n) is 7.23. The SMILES string of the molecule is CCCCCCCCCCCCCCCC(=O)NC(CO)(CO)COSCCC[N+](C)(CCCCCCCCCC)CCCCCCCCCC. The molecule has 0 saturated heterocycles. The van der Waals surface area contributed by atoms with Crippen molar-refractivity contribution in [1.82, 2.24) is 5.32 Å². The molecule has 0 saturated carbocycles. The summed E-state index contributed by atoms with van der Waals surface area (Å²) in [6.45, 7) is 9.97. The number of rotatable bonds is 42. The summed E-state index contributed by atoms with van der Waals surface area (Å²) in [5, 5.41) is 23.1. The topological polar surface area (TPSA) is 78.8 Å². The predicted molar refractivity (Wildman–Crippen MR) is 224 cm³/mol. The summed E-state index contributed by atoms with van der Waals surface area (Å²) in [4.78, 5) is 12.7. The first-order valence-electron chi connectivity index (χ1n) is 22.5. The van der Waals surface area contributed by atoms with E-state index in [1.165, 1.54) is 198 Å². The summed E-state index contributed by atoms with van der Waals surface area (Å²) in [7, 11) is 2.46. The molecule has 0 aromatic rings. The average molecular weight is 744 g/mol. The van der Waals surface area contributed by atoms with Gasteiger partial charge >= 0.3 is 0 Å². The van der Waals surface area contributed by atoms with Gasteiger partial charge in [-0.1, -0.05) is 175 Å². The number of quaternary nitrogens is 1. The van der Waals surface area contributed by atoms with Crippen LogP contribution in [0, 0.1) is 0 Å². The minimum absolute atomic E-state index is 0.107. The molecule has 0 aromatic carbocycles. The largest absolute Gasteiger partial charge is 0.394 e. The monoisotopic (exact) mass is 744 g/mol. The van der Waals surface area contributed by atoms with Crippen LogP contribution in [0.5, 0.6) is 0 Å². The number of aliphatic hydroxyl groups is 2. The van der Waals surface area contributed by atoms with Crippen molar-refractivity contribution in [2.45, 2.75) is 225 Å². The lowest BCUT2D eigenvalue weighted by Gasteiger charge is -2.35. The Balaban J connectivity index is 4.35. The molecule has 0 aliphatic rings. The van der Waals surface area contributed by atoms with Gasteiger partial charge in [0.1, 0.15) is 5.54 Å². The Morgan fingerprint density at radius 3 is 1.24 bits per heavy atom. The number of hydrogen-bond acceptors (Lipinski definition) is 5. The van der Waals surface area contributed by atoms with Crippen molar-refractivity contribution >= 4 is 17.9 Å². The summed E-state index contributed by atoms with van der Waals surface area (Å²) in [5.74, 6) is 0.771. The predicted octanol–water partition coefficient (Wildman–Crippen LogP) is 12.1. The van der Waals surface area contributed by atoms with Gasteiger partial charge in [-0.05, 0) is 44.1 Å². The van der Waals surface area contributed by atoms with Crippen molar-refractivity contribution in [1.29, 1.82) is 0 Å². The fourth-order valence-corrected chi connectivity index (χ4v) is 7.90. The lowest BCUT2D eigenvalue weighted by atomic mass is 10.0. The van der Waals surface area contributed by atoms with Crippen molar-refractivity contribution in [2.24, 2.45) is 0 Å². The quantitative estimate of drug-likeness (QED) is 0.0330. The molecule has 6 nitrogen and oxygen atoms in total. The first kappa shape index (κ1) is 50.7. The molecule has 7 heteroatoms. The van der Waals surface area contributed by atoms with Crippen LogP contribution < -0.4 is 5.32 Å². The Labute approximate surface area is 323 Å². The maximum absolute atomic E-state index is 12.7. The highest BCUT2D eigenvalue weighted by molar-refractivity contribution is 7.94. The van der Waals surface area contributed by atoms with E-state index in [1.54, 1.807) is 0 Å². The normalized spacial score (nSPS) is 12.2. The van der Waals surface area contributed by atoms with E-state index in [2.05, 4.69) is 33.1 Å². The van der Waals surface area contributed by atoms with Crippen LogP contribution in [-0.2, 0) is 8.98 Å². The Morgan fingerprint density at radius 2 is 0.863 bits per heavy atom. The Kier molecular flexibility index (Phi) is 37.7. The van der Waals surface area contributed by atoms with Crippen molar-refractivity contribution in [2.75, 3.05) is 52.3 Å². The molecule has 1 amide bonds. The molecule has 0 bridgehead atoms. The molecule has 0 radical (unpaired) electrons. The number of carbonyl (C=O) groups is 1. The maximum atomic E-state index is 12.7. The van der Waals surface area contributed by atoms with E-state index >= 15 is 0 Å². The third kappa shape index (κ3) is 32.8. The average Bonchev–Trinajstić information content (AvgIpc) is 3.13. The van der Waals surface area contributed by atoms with Gasteiger partial charge < -0.3 is 24.2 Å². The van der Waals surface area contributed by atoms with Gasteiger partial charge in [-0.2, -0.15) is 0 Å². The van der Waals surface area contributed by atoms with Gasteiger partial charge in [0.15, 0.2) is 0 Å². The van der Waals surface area contributed by atoms with Crippen molar-refractivity contribution in [3.8, 4) is 0 Å². The molecule has 0 heterocycles. The molecule has 0 spiro atoms. The van der Waals surface area contributed by atoms with Gasteiger partial charge in [0.05, 0.1) is 46.5 Å². The second-order valence-corrected chi connectivity index (χ2v) is 17.2. The summed E-state index contributed by atoms with van der Waals surface area (Å²) in [6, 6.07) is 0. The maximum Gasteiger partial charge on any atom is 0.220 e. The van der Waals surface area contributed by atoms with Crippen LogP contribution in [0.2, 0.25) is 0 Å². The minimum Gasteiger partial charge on any atom is -0.394 e. The van der Waals surface area contributed by atoms with Crippen LogP contribution in [0.1, 0.15) is 220 Å². The molecule has 0 atom stereocenters. The highest BCUT2D eigenvalue weighted by Gasteiger charge is 2.31. The zero-order valence-corrected chi connectivity index (χ0v) is 35.8. The Hall–Kier alpha value is -0.340. The number of carbonyl (C=O) groups excluding carboxylic acids is 1. The minimum atomic E-state index is -1.13. The number of unbranched alkanes of at least 4 members (excludes halogenated alkanes) is 26. The third-order valence-electron chi connectivity index (χ3n) is 11.0. The first-order chi connectivity index (χ1) is 24.9. The molecule has 0 aromatic heterocycles. The van der Waals surface area contributed by atoms with Gasteiger partial charge in [-0.15, -0.1) is 0 Å². The summed E-state index contributed by atoms with van der Waals surface area (Å²) >= 11 is 1.42. The molecule has 306 valence electrons. The summed E-state index contributed by atoms with van der Waals surface area (Å²) in [6.07, 6.45) is 39.9. The van der Waals surface area contributed by atoms with Crippen LogP contribution >= 0.6 is 12.0 Å². The summed E-state index contributed by atoms with van der Waals surface area (Å²) in [5.41, 5.74) is -1.13. The molecule has 0 rings (SSSR count). The van der Waals surface area contributed by atoms with Crippen LogP contribution in [0.15, 0.2) is 0 Å². The molecule has 0 aliphatic heterocycles. The Morgan fingerprint density at radius 1 is 0.529 bits per heavy atom. The van der Waals surface area contributed by atoms with Crippen LogP contribution in [0.3, 0.4) is 0 Å². The zero-order chi connectivity index (χ0) is 37.6. The number of nitrogens with zero attached hydrogens (tertiary/aromatic N) is 1. The Bertz CT molecular complexity index is 701. The molecule has 0 fully saturated rings. The first-order valence-corrected chi connectivity index (χ1v) is 23.4. The van der Waals surface area contributed by atoms with Crippen LogP contribution in [0.25, 0.3) is 0 Å². The lowest BCUT2D eigenvalue weighted by Crippen LogP contribution is -2.57. The van der Waals surface area contributed by atoms with E-state index in [0.29, 0.717) is 6.42 Å². The molecule has 0 aliphatic carbocycles. The van der Waals surface area contributed by atoms with Crippen LogP contribution in [0.4, 0.5) is 0 Å². The molecular formula is C44H91N2O4S+. The van der Waals surface area contributed by atoms with Crippen molar-refractivity contribution in [3.05, 3.63) is 0 Å². The van der Waals surface area contributed by atoms with Gasteiger partial charge in [-0.3, -0.25) is 4.79 Å². The fraction of sp³-hybridized carbons (Fsp3) is 0.977. The second-order valence-electron chi connectivity index (χ2n) is 16.3. The van der Waals surface area contributed by atoms with Crippen LogP contribution in [-0.4, -0.2) is 78.4 Å². The third-order valence-corrected chi connectivity index (χ3v) is 11.7. The van der Waals surface area contributed by atoms with Gasteiger partial charge in [0, 0.05) is 18.6 Å². The number of amides is 1. The smallest absolute Gasteiger partial charge is 0.220 e. The van der Waals surface area contributed by atoms with E-state index < -0.39 is 5.54 Å². The highest BCUT2D eigenvalue weighted by Crippen LogP contribution is 2.19. The van der Waals surface area contributed by atoms with Gasteiger partial charge in [0.25, 0.3) is 0 Å². The van der Waals surface area contributed by atoms with Gasteiger partial charge in [0.2, 0.25) is 5.91 Å².